The SMILES string of the molecule is NC[C@H](O)c1ccc(O)c(O)c1Cl. The minimum atomic E-state index is -0.931. The molecule has 0 unspecified atom stereocenters. The van der Waals surface area contributed by atoms with Crippen LogP contribution < -0.4 is 5.73 Å². The summed E-state index contributed by atoms with van der Waals surface area (Å²) in [5.74, 6) is -0.760. The maximum atomic E-state index is 9.32. The Morgan fingerprint density at radius 2 is 2.00 bits per heavy atom. The third kappa shape index (κ3) is 1.85. The molecule has 1 atom stereocenters. The molecule has 0 heterocycles. The molecule has 1 aromatic carbocycles. The van der Waals surface area contributed by atoms with Crippen molar-refractivity contribution in [2.75, 3.05) is 6.54 Å². The van der Waals surface area contributed by atoms with Gasteiger partial charge in [0, 0.05) is 12.1 Å². The van der Waals surface area contributed by atoms with Crippen LogP contribution >= 0.6 is 11.6 Å². The van der Waals surface area contributed by atoms with E-state index in [0.29, 0.717) is 5.56 Å². The van der Waals surface area contributed by atoms with Gasteiger partial charge in [0.1, 0.15) is 0 Å². The van der Waals surface area contributed by atoms with Crippen molar-refractivity contribution in [2.24, 2.45) is 5.73 Å². The van der Waals surface area contributed by atoms with Gasteiger partial charge in [0.2, 0.25) is 0 Å². The lowest BCUT2D eigenvalue weighted by Crippen LogP contribution is -2.11. The molecule has 5 N–H and O–H groups in total. The van der Waals surface area contributed by atoms with E-state index in [2.05, 4.69) is 0 Å². The number of halogens is 1. The molecular weight excluding hydrogens is 194 g/mol. The molecule has 0 aliphatic heterocycles. The summed E-state index contributed by atoms with van der Waals surface area (Å²) in [4.78, 5) is 0. The number of aliphatic hydroxyl groups is 1. The summed E-state index contributed by atoms with van der Waals surface area (Å²) < 4.78 is 0. The average molecular weight is 204 g/mol. The number of aliphatic hydroxyl groups excluding tert-OH is 1. The van der Waals surface area contributed by atoms with Crippen molar-refractivity contribution in [2.45, 2.75) is 6.10 Å². The van der Waals surface area contributed by atoms with Gasteiger partial charge in [0.25, 0.3) is 0 Å². The molecule has 0 fully saturated rings. The molecule has 5 heteroatoms. The fraction of sp³-hybridized carbons (Fsp3) is 0.250. The van der Waals surface area contributed by atoms with Crippen LogP contribution in [0.15, 0.2) is 12.1 Å². The van der Waals surface area contributed by atoms with E-state index < -0.39 is 11.9 Å². The maximum Gasteiger partial charge on any atom is 0.176 e. The molecule has 0 bridgehead atoms. The van der Waals surface area contributed by atoms with Gasteiger partial charge in [-0.05, 0) is 6.07 Å². The van der Waals surface area contributed by atoms with E-state index in [1.165, 1.54) is 12.1 Å². The predicted octanol–water partition coefficient (Wildman–Crippen LogP) is 0.743. The summed E-state index contributed by atoms with van der Waals surface area (Å²) in [6.45, 7) is 0.00390. The number of hydrogen-bond donors (Lipinski definition) is 4. The highest BCUT2D eigenvalue weighted by molar-refractivity contribution is 6.33. The Labute approximate surface area is 80.2 Å². The molecule has 1 aromatic rings. The highest BCUT2D eigenvalue weighted by atomic mass is 35.5. The summed E-state index contributed by atoms with van der Waals surface area (Å²) in [6, 6.07) is 2.66. The number of aromatic hydroxyl groups is 2. The number of benzene rings is 1. The average Bonchev–Trinajstić information content (AvgIpc) is 2.13. The van der Waals surface area contributed by atoms with Crippen molar-refractivity contribution < 1.29 is 15.3 Å². The van der Waals surface area contributed by atoms with Gasteiger partial charge in [-0.25, -0.2) is 0 Å². The number of phenols is 2. The topological polar surface area (TPSA) is 86.7 Å². The highest BCUT2D eigenvalue weighted by Crippen LogP contribution is 2.37. The molecule has 0 saturated carbocycles. The van der Waals surface area contributed by atoms with Gasteiger partial charge in [-0.3, -0.25) is 0 Å². The first-order valence-electron chi connectivity index (χ1n) is 3.66. The quantitative estimate of drug-likeness (QED) is 0.534. The van der Waals surface area contributed by atoms with E-state index in [1.807, 2.05) is 0 Å². The molecule has 0 aromatic heterocycles. The van der Waals surface area contributed by atoms with E-state index in [0.717, 1.165) is 0 Å². The molecule has 72 valence electrons. The van der Waals surface area contributed by atoms with Crippen LogP contribution in [0.5, 0.6) is 11.5 Å². The van der Waals surface area contributed by atoms with Gasteiger partial charge in [-0.15, -0.1) is 0 Å². The Bertz CT molecular complexity index is 317. The van der Waals surface area contributed by atoms with Crippen molar-refractivity contribution in [3.8, 4) is 11.5 Å². The number of phenolic OH excluding ortho intramolecular Hbond substituents is 2. The largest absolute Gasteiger partial charge is 0.504 e. The minimum Gasteiger partial charge on any atom is -0.504 e. The first kappa shape index (κ1) is 10.1. The smallest absolute Gasteiger partial charge is 0.176 e. The summed E-state index contributed by atoms with van der Waals surface area (Å²) in [7, 11) is 0. The van der Waals surface area contributed by atoms with E-state index in [9.17, 15) is 10.2 Å². The summed E-state index contributed by atoms with van der Waals surface area (Å²) in [6.07, 6.45) is -0.931. The molecule has 1 rings (SSSR count). The van der Waals surface area contributed by atoms with Crippen molar-refractivity contribution in [1.29, 1.82) is 0 Å². The zero-order chi connectivity index (χ0) is 10.0. The maximum absolute atomic E-state index is 9.32. The van der Waals surface area contributed by atoms with E-state index in [4.69, 9.17) is 22.4 Å². The second-order valence-corrected chi connectivity index (χ2v) is 2.97. The van der Waals surface area contributed by atoms with Crippen LogP contribution in [-0.4, -0.2) is 21.9 Å². The fourth-order valence-corrected chi connectivity index (χ4v) is 1.24. The standard InChI is InChI=1S/C8H10ClNO3/c9-7-4(6(12)3-10)1-2-5(11)8(7)13/h1-2,6,11-13H,3,10H2/t6-/m0/s1. The second-order valence-electron chi connectivity index (χ2n) is 2.59. The molecule has 0 aliphatic rings. The Balaban J connectivity index is 3.18. The molecule has 13 heavy (non-hydrogen) atoms. The Morgan fingerprint density at radius 3 is 2.54 bits per heavy atom. The summed E-state index contributed by atoms with van der Waals surface area (Å²) in [5, 5.41) is 27.5. The molecular formula is C8H10ClNO3. The van der Waals surface area contributed by atoms with Crippen molar-refractivity contribution in [1.82, 2.24) is 0 Å². The molecule has 4 nitrogen and oxygen atoms in total. The van der Waals surface area contributed by atoms with Crippen LogP contribution in [0.1, 0.15) is 11.7 Å². The number of rotatable bonds is 2. The van der Waals surface area contributed by atoms with Gasteiger partial charge in [0.15, 0.2) is 11.5 Å². The first-order valence-corrected chi connectivity index (χ1v) is 4.04. The Morgan fingerprint density at radius 1 is 1.38 bits per heavy atom. The zero-order valence-electron chi connectivity index (χ0n) is 6.74. The lowest BCUT2D eigenvalue weighted by atomic mass is 10.1. The summed E-state index contributed by atoms with van der Waals surface area (Å²) >= 11 is 5.65. The van der Waals surface area contributed by atoms with Crippen molar-refractivity contribution in [3.63, 3.8) is 0 Å². The highest BCUT2D eigenvalue weighted by Gasteiger charge is 2.15. The van der Waals surface area contributed by atoms with Gasteiger partial charge >= 0.3 is 0 Å². The molecule has 0 aliphatic carbocycles. The van der Waals surface area contributed by atoms with E-state index in [1.54, 1.807) is 0 Å². The monoisotopic (exact) mass is 203 g/mol. The molecule has 0 saturated heterocycles. The minimum absolute atomic E-state index is 0.00390. The normalized spacial score (nSPS) is 12.8. The third-order valence-electron chi connectivity index (χ3n) is 1.71. The van der Waals surface area contributed by atoms with E-state index in [-0.39, 0.29) is 17.3 Å². The van der Waals surface area contributed by atoms with Crippen LogP contribution in [0.2, 0.25) is 5.02 Å². The van der Waals surface area contributed by atoms with Crippen molar-refractivity contribution in [3.05, 3.63) is 22.7 Å². The first-order chi connectivity index (χ1) is 6.07. The van der Waals surface area contributed by atoms with Crippen LogP contribution in [0.4, 0.5) is 0 Å². The van der Waals surface area contributed by atoms with Gasteiger partial charge in [-0.1, -0.05) is 17.7 Å². The Kier molecular flexibility index (Phi) is 2.98. The number of nitrogens with two attached hydrogens (primary N) is 1. The van der Waals surface area contributed by atoms with E-state index >= 15 is 0 Å². The van der Waals surface area contributed by atoms with Gasteiger partial charge < -0.3 is 21.1 Å². The zero-order valence-corrected chi connectivity index (χ0v) is 7.49. The van der Waals surface area contributed by atoms with Crippen LogP contribution in [0.25, 0.3) is 0 Å². The summed E-state index contributed by atoms with van der Waals surface area (Å²) in [5.41, 5.74) is 5.51. The lowest BCUT2D eigenvalue weighted by Gasteiger charge is -2.11. The third-order valence-corrected chi connectivity index (χ3v) is 2.10. The fourth-order valence-electron chi connectivity index (χ4n) is 0.954. The van der Waals surface area contributed by atoms with Crippen LogP contribution in [0.3, 0.4) is 0 Å². The van der Waals surface area contributed by atoms with Gasteiger partial charge in [0.05, 0.1) is 11.1 Å². The lowest BCUT2D eigenvalue weighted by molar-refractivity contribution is 0.186. The Hall–Kier alpha value is -0.970. The molecule has 0 amide bonds. The predicted molar refractivity (Wildman–Crippen MR) is 48.8 cm³/mol. The van der Waals surface area contributed by atoms with Gasteiger partial charge in [-0.2, -0.15) is 0 Å². The van der Waals surface area contributed by atoms with Crippen molar-refractivity contribution >= 4 is 11.6 Å². The van der Waals surface area contributed by atoms with Crippen LogP contribution in [0, 0.1) is 0 Å². The molecule has 0 radical (unpaired) electrons. The second kappa shape index (κ2) is 3.83. The molecule has 0 spiro atoms. The number of hydrogen-bond acceptors (Lipinski definition) is 4. The van der Waals surface area contributed by atoms with Crippen LogP contribution in [-0.2, 0) is 0 Å².